The minimum atomic E-state index is -0.766. The van der Waals surface area contributed by atoms with Gasteiger partial charge >= 0.3 is 0 Å². The van der Waals surface area contributed by atoms with Crippen LogP contribution in [-0.2, 0) is 4.79 Å². The first-order chi connectivity index (χ1) is 8.02. The van der Waals surface area contributed by atoms with Gasteiger partial charge in [-0.05, 0) is 12.6 Å². The minimum Gasteiger partial charge on any atom is -0.325 e. The average molecular weight is 241 g/mol. The van der Waals surface area contributed by atoms with Gasteiger partial charge in [0.1, 0.15) is 5.82 Å². The summed E-state index contributed by atoms with van der Waals surface area (Å²) in [5.74, 6) is -1.15. The fourth-order valence-corrected chi connectivity index (χ4v) is 1.20. The van der Waals surface area contributed by atoms with Crippen molar-refractivity contribution in [1.82, 2.24) is 5.32 Å². The van der Waals surface area contributed by atoms with E-state index in [2.05, 4.69) is 10.6 Å². The Labute approximate surface area is 97.0 Å². The van der Waals surface area contributed by atoms with E-state index in [1.807, 2.05) is 6.92 Å². The number of likely N-dealkylation sites (N-methyl/N-ethyl adjacent to an activating group) is 1. The second-order valence-electron chi connectivity index (χ2n) is 3.28. The zero-order chi connectivity index (χ0) is 12.8. The Balaban J connectivity index is 2.77. The molecule has 1 aromatic carbocycles. The number of anilines is 1. The molecule has 0 radical (unpaired) electrons. The van der Waals surface area contributed by atoms with Crippen LogP contribution in [0.3, 0.4) is 0 Å². The summed E-state index contributed by atoms with van der Waals surface area (Å²) >= 11 is 0. The number of benzene rings is 1. The number of hydrogen-bond donors (Lipinski definition) is 2. The Morgan fingerprint density at radius 2 is 2.18 bits per heavy atom. The fraction of sp³-hybridized carbons (Fsp3) is 0.300. The quantitative estimate of drug-likeness (QED) is 0.600. The molecule has 0 saturated heterocycles. The largest absolute Gasteiger partial charge is 0.325 e. The molecule has 0 saturated carbocycles. The Bertz CT molecular complexity index is 437. The molecule has 0 atom stereocenters. The first-order valence-electron chi connectivity index (χ1n) is 4.98. The highest BCUT2D eigenvalue weighted by Crippen LogP contribution is 2.19. The molecule has 1 rings (SSSR count). The molecule has 0 fully saturated rings. The molecule has 0 aromatic heterocycles. The summed E-state index contributed by atoms with van der Waals surface area (Å²) in [6, 6.07) is 2.92. The second-order valence-corrected chi connectivity index (χ2v) is 3.28. The molecule has 92 valence electrons. The van der Waals surface area contributed by atoms with Crippen molar-refractivity contribution >= 4 is 17.3 Å². The fourth-order valence-electron chi connectivity index (χ4n) is 1.20. The first kappa shape index (κ1) is 13.0. The number of amides is 1. The lowest BCUT2D eigenvalue weighted by molar-refractivity contribution is -0.385. The van der Waals surface area contributed by atoms with E-state index in [0.29, 0.717) is 6.54 Å². The van der Waals surface area contributed by atoms with Gasteiger partial charge in [-0.1, -0.05) is 6.92 Å². The predicted octanol–water partition coefficient (Wildman–Crippen LogP) is 1.28. The zero-order valence-corrected chi connectivity index (χ0v) is 9.20. The molecule has 0 aliphatic heterocycles. The van der Waals surface area contributed by atoms with Crippen LogP contribution in [-0.4, -0.2) is 23.9 Å². The number of nitrogens with zero attached hydrogens (tertiary/aromatic N) is 1. The zero-order valence-electron chi connectivity index (χ0n) is 9.20. The Kier molecular flexibility index (Phi) is 4.53. The average Bonchev–Trinajstić information content (AvgIpc) is 2.25. The lowest BCUT2D eigenvalue weighted by atomic mass is 10.2. The van der Waals surface area contributed by atoms with E-state index < -0.39 is 16.4 Å². The van der Waals surface area contributed by atoms with Gasteiger partial charge in [0.2, 0.25) is 5.91 Å². The van der Waals surface area contributed by atoms with Crippen molar-refractivity contribution in [2.75, 3.05) is 18.4 Å². The molecule has 0 heterocycles. The van der Waals surface area contributed by atoms with Crippen LogP contribution in [0.15, 0.2) is 18.2 Å². The van der Waals surface area contributed by atoms with Crippen LogP contribution in [0.5, 0.6) is 0 Å². The van der Waals surface area contributed by atoms with Gasteiger partial charge in [0.25, 0.3) is 5.69 Å². The maximum atomic E-state index is 13.0. The number of halogens is 1. The third kappa shape index (κ3) is 4.15. The monoisotopic (exact) mass is 241 g/mol. The number of nitro groups is 1. The number of rotatable bonds is 5. The van der Waals surface area contributed by atoms with Gasteiger partial charge in [0.05, 0.1) is 23.2 Å². The van der Waals surface area contributed by atoms with Gasteiger partial charge in [-0.2, -0.15) is 0 Å². The molecular weight excluding hydrogens is 229 g/mol. The number of nitro benzene ring substituents is 1. The van der Waals surface area contributed by atoms with Crippen LogP contribution in [0.1, 0.15) is 6.92 Å². The van der Waals surface area contributed by atoms with Crippen molar-refractivity contribution in [3.63, 3.8) is 0 Å². The molecule has 17 heavy (non-hydrogen) atoms. The third-order valence-corrected chi connectivity index (χ3v) is 1.91. The van der Waals surface area contributed by atoms with E-state index in [9.17, 15) is 19.3 Å². The number of hydrogen-bond acceptors (Lipinski definition) is 4. The summed E-state index contributed by atoms with van der Waals surface area (Å²) in [4.78, 5) is 21.1. The van der Waals surface area contributed by atoms with Crippen LogP contribution in [0, 0.1) is 15.9 Å². The Morgan fingerprint density at radius 1 is 1.47 bits per heavy atom. The van der Waals surface area contributed by atoms with Crippen molar-refractivity contribution in [3.8, 4) is 0 Å². The summed E-state index contributed by atoms with van der Waals surface area (Å²) < 4.78 is 13.0. The van der Waals surface area contributed by atoms with Crippen LogP contribution in [0.2, 0.25) is 0 Å². The van der Waals surface area contributed by atoms with Crippen LogP contribution >= 0.6 is 0 Å². The predicted molar refractivity (Wildman–Crippen MR) is 60.2 cm³/mol. The summed E-state index contributed by atoms with van der Waals surface area (Å²) in [6.45, 7) is 2.53. The van der Waals surface area contributed by atoms with Gasteiger partial charge in [0, 0.05) is 6.07 Å². The maximum absolute atomic E-state index is 13.0. The van der Waals surface area contributed by atoms with Crippen molar-refractivity contribution < 1.29 is 14.1 Å². The highest BCUT2D eigenvalue weighted by atomic mass is 19.1. The van der Waals surface area contributed by atoms with Crippen molar-refractivity contribution in [2.45, 2.75) is 6.92 Å². The summed E-state index contributed by atoms with van der Waals surface area (Å²) in [6.07, 6.45) is 0. The number of carbonyl (C=O) groups excluding carboxylic acids is 1. The highest BCUT2D eigenvalue weighted by Gasteiger charge is 2.11. The number of carbonyl (C=O) groups is 1. The second kappa shape index (κ2) is 5.90. The number of nitrogens with one attached hydrogen (secondary N) is 2. The van der Waals surface area contributed by atoms with Crippen LogP contribution in [0.4, 0.5) is 15.8 Å². The normalized spacial score (nSPS) is 10.0. The van der Waals surface area contributed by atoms with Gasteiger partial charge < -0.3 is 10.6 Å². The third-order valence-electron chi connectivity index (χ3n) is 1.91. The molecule has 6 nitrogen and oxygen atoms in total. The molecule has 1 amide bonds. The summed E-state index contributed by atoms with van der Waals surface area (Å²) in [5, 5.41) is 15.6. The SMILES string of the molecule is CCNCC(=O)Nc1cc(F)cc([N+](=O)[O-])c1. The van der Waals surface area contributed by atoms with E-state index in [4.69, 9.17) is 0 Å². The van der Waals surface area contributed by atoms with Crippen LogP contribution in [0.25, 0.3) is 0 Å². The van der Waals surface area contributed by atoms with Gasteiger partial charge in [-0.3, -0.25) is 14.9 Å². The standard InChI is InChI=1S/C10H12FN3O3/c1-2-12-6-10(15)13-8-3-7(11)4-9(5-8)14(16)17/h3-5,12H,2,6H2,1H3,(H,13,15). The van der Waals surface area contributed by atoms with E-state index in [-0.39, 0.29) is 18.1 Å². The maximum Gasteiger partial charge on any atom is 0.274 e. The van der Waals surface area contributed by atoms with Gasteiger partial charge in [-0.25, -0.2) is 4.39 Å². The lowest BCUT2D eigenvalue weighted by Gasteiger charge is -2.05. The number of non-ortho nitro benzene ring substituents is 1. The van der Waals surface area contributed by atoms with Gasteiger partial charge in [-0.15, -0.1) is 0 Å². The van der Waals surface area contributed by atoms with Crippen LogP contribution < -0.4 is 10.6 Å². The van der Waals surface area contributed by atoms with E-state index in [1.165, 1.54) is 0 Å². The van der Waals surface area contributed by atoms with E-state index >= 15 is 0 Å². The molecule has 0 aliphatic rings. The molecule has 0 bridgehead atoms. The van der Waals surface area contributed by atoms with Crippen molar-refractivity contribution in [1.29, 1.82) is 0 Å². The van der Waals surface area contributed by atoms with Gasteiger partial charge in [0.15, 0.2) is 0 Å². The topological polar surface area (TPSA) is 84.3 Å². The van der Waals surface area contributed by atoms with E-state index in [1.54, 1.807) is 0 Å². The Hall–Kier alpha value is -2.02. The van der Waals surface area contributed by atoms with E-state index in [0.717, 1.165) is 18.2 Å². The Morgan fingerprint density at radius 3 is 2.76 bits per heavy atom. The molecule has 2 N–H and O–H groups in total. The smallest absolute Gasteiger partial charge is 0.274 e. The highest BCUT2D eigenvalue weighted by molar-refractivity contribution is 5.92. The summed E-state index contributed by atoms with van der Waals surface area (Å²) in [7, 11) is 0. The molecule has 0 spiro atoms. The molecule has 0 aliphatic carbocycles. The lowest BCUT2D eigenvalue weighted by Crippen LogP contribution is -2.27. The molecule has 7 heteroatoms. The van der Waals surface area contributed by atoms with Crippen molar-refractivity contribution in [2.24, 2.45) is 0 Å². The molecule has 1 aromatic rings. The molecular formula is C10H12FN3O3. The van der Waals surface area contributed by atoms with Crippen molar-refractivity contribution in [3.05, 3.63) is 34.1 Å². The first-order valence-corrected chi connectivity index (χ1v) is 4.98. The summed E-state index contributed by atoms with van der Waals surface area (Å²) in [5.41, 5.74) is -0.330. The molecule has 0 unspecified atom stereocenters. The minimum absolute atomic E-state index is 0.0691.